The zero-order chi connectivity index (χ0) is 6.85. The van der Waals surface area contributed by atoms with Crippen molar-refractivity contribution >= 4 is 17.5 Å². The fourth-order valence-electron chi connectivity index (χ4n) is 0.743. The minimum absolute atomic E-state index is 0.0833. The molecule has 1 aliphatic rings. The predicted octanol–water partition coefficient (Wildman–Crippen LogP) is 0.409. The van der Waals surface area contributed by atoms with Crippen LogP contribution in [0.2, 0.25) is 0 Å². The van der Waals surface area contributed by atoms with Crippen molar-refractivity contribution in [3.05, 3.63) is 0 Å². The number of nitrogens with two attached hydrogens (primary N) is 1. The number of hydrogen-bond donors (Lipinski definition) is 1. The molecule has 0 aromatic rings. The van der Waals surface area contributed by atoms with Gasteiger partial charge in [0.15, 0.2) is 0 Å². The van der Waals surface area contributed by atoms with Gasteiger partial charge in [-0.3, -0.25) is 4.99 Å². The van der Waals surface area contributed by atoms with E-state index in [0.29, 0.717) is 0 Å². The molecule has 4 heteroatoms. The van der Waals surface area contributed by atoms with Crippen LogP contribution in [0.3, 0.4) is 0 Å². The Hall–Kier alpha value is -0.0600. The van der Waals surface area contributed by atoms with E-state index in [1.54, 1.807) is 7.11 Å². The maximum Gasteiger partial charge on any atom is 0.147 e. The summed E-state index contributed by atoms with van der Waals surface area (Å²) in [5, 5.41) is 0. The van der Waals surface area contributed by atoms with Crippen molar-refractivity contribution in [2.75, 3.05) is 7.11 Å². The molecule has 0 bridgehead atoms. The highest BCUT2D eigenvalue weighted by molar-refractivity contribution is 8.01. The minimum Gasteiger partial charge on any atom is -0.365 e. The number of methoxy groups -OCH3 is 1. The Morgan fingerprint density at radius 2 is 2.44 bits per heavy atom. The van der Waals surface area contributed by atoms with Crippen LogP contribution in [0.5, 0.6) is 0 Å². The lowest BCUT2D eigenvalue weighted by atomic mass is 10.4. The molecule has 3 nitrogen and oxygen atoms in total. The molecule has 0 radical (unpaired) electrons. The van der Waals surface area contributed by atoms with E-state index in [9.17, 15) is 0 Å². The summed E-state index contributed by atoms with van der Waals surface area (Å²) in [5.74, 6) is 0. The third kappa shape index (κ3) is 1.44. The van der Waals surface area contributed by atoms with Crippen LogP contribution in [0.25, 0.3) is 0 Å². The second kappa shape index (κ2) is 2.68. The summed E-state index contributed by atoms with van der Waals surface area (Å²) in [5.41, 5.74) is 6.44. The lowest BCUT2D eigenvalue weighted by Gasteiger charge is -2.05. The Bertz CT molecular complexity index is 137. The Balaban J connectivity index is 2.53. The fourth-order valence-corrected chi connectivity index (χ4v) is 1.59. The van der Waals surface area contributed by atoms with Crippen molar-refractivity contribution in [2.24, 2.45) is 10.7 Å². The fraction of sp³-hybridized carbons (Fsp3) is 0.800. The van der Waals surface area contributed by atoms with Crippen LogP contribution in [0.15, 0.2) is 4.99 Å². The Labute approximate surface area is 58.7 Å². The Morgan fingerprint density at radius 1 is 1.78 bits per heavy atom. The van der Waals surface area contributed by atoms with Crippen LogP contribution in [-0.2, 0) is 4.74 Å². The van der Waals surface area contributed by atoms with Gasteiger partial charge >= 0.3 is 0 Å². The predicted molar refractivity (Wildman–Crippen MR) is 39.5 cm³/mol. The molecular formula is C5H10N2OS. The van der Waals surface area contributed by atoms with Gasteiger partial charge in [0.2, 0.25) is 0 Å². The maximum absolute atomic E-state index is 5.49. The first-order valence-corrected chi connectivity index (χ1v) is 3.66. The van der Waals surface area contributed by atoms with Gasteiger partial charge in [0.25, 0.3) is 0 Å². The molecule has 9 heavy (non-hydrogen) atoms. The van der Waals surface area contributed by atoms with Crippen LogP contribution in [0.4, 0.5) is 0 Å². The van der Waals surface area contributed by atoms with Crippen LogP contribution in [-0.4, -0.2) is 23.8 Å². The summed E-state index contributed by atoms with van der Waals surface area (Å²) < 4.78 is 5.05. The molecule has 0 spiro atoms. The normalized spacial score (nSPS) is 34.8. The highest BCUT2D eigenvalue weighted by Gasteiger charge is 2.22. The smallest absolute Gasteiger partial charge is 0.147 e. The first kappa shape index (κ1) is 7.05. The van der Waals surface area contributed by atoms with E-state index >= 15 is 0 Å². The number of thioether (sulfide) groups is 1. The quantitative estimate of drug-likeness (QED) is 0.583. The number of aliphatic imine (C=N–C) groups is 1. The van der Waals surface area contributed by atoms with Crippen LogP contribution >= 0.6 is 11.8 Å². The van der Waals surface area contributed by atoms with E-state index in [0.717, 1.165) is 5.71 Å². The largest absolute Gasteiger partial charge is 0.365 e. The van der Waals surface area contributed by atoms with Gasteiger partial charge < -0.3 is 10.5 Å². The van der Waals surface area contributed by atoms with Crippen molar-refractivity contribution in [3.8, 4) is 0 Å². The molecule has 0 aromatic carbocycles. The monoisotopic (exact) mass is 146 g/mol. The van der Waals surface area contributed by atoms with E-state index in [1.165, 1.54) is 11.8 Å². The van der Waals surface area contributed by atoms with Gasteiger partial charge in [-0.15, -0.1) is 0 Å². The molecule has 1 aliphatic heterocycles. The van der Waals surface area contributed by atoms with Crippen molar-refractivity contribution in [2.45, 2.75) is 17.9 Å². The van der Waals surface area contributed by atoms with Gasteiger partial charge in [0.05, 0.1) is 5.71 Å². The van der Waals surface area contributed by atoms with E-state index < -0.39 is 0 Å². The van der Waals surface area contributed by atoms with Crippen LogP contribution in [0.1, 0.15) is 6.92 Å². The zero-order valence-corrected chi connectivity index (χ0v) is 6.31. The molecule has 1 heterocycles. The molecule has 52 valence electrons. The molecule has 0 saturated heterocycles. The second-order valence-electron chi connectivity index (χ2n) is 1.86. The summed E-state index contributed by atoms with van der Waals surface area (Å²) >= 11 is 1.53. The minimum atomic E-state index is -0.116. The molecule has 0 aliphatic carbocycles. The summed E-state index contributed by atoms with van der Waals surface area (Å²) in [7, 11) is 1.66. The molecule has 0 fully saturated rings. The topological polar surface area (TPSA) is 47.6 Å². The van der Waals surface area contributed by atoms with Gasteiger partial charge in [-0.1, -0.05) is 11.8 Å². The number of ether oxygens (including phenoxy) is 1. The number of rotatable bonds is 1. The third-order valence-electron chi connectivity index (χ3n) is 1.15. The van der Waals surface area contributed by atoms with E-state index in [1.807, 2.05) is 6.92 Å². The summed E-state index contributed by atoms with van der Waals surface area (Å²) in [6, 6.07) is 0. The lowest BCUT2D eigenvalue weighted by molar-refractivity contribution is 0.221. The van der Waals surface area contributed by atoms with Crippen molar-refractivity contribution in [1.82, 2.24) is 0 Å². The molecule has 2 N–H and O–H groups in total. The van der Waals surface area contributed by atoms with Gasteiger partial charge in [-0.25, -0.2) is 0 Å². The number of nitrogens with zero attached hydrogens (tertiary/aromatic N) is 1. The molecule has 2 atom stereocenters. The van der Waals surface area contributed by atoms with Gasteiger partial charge in [0.1, 0.15) is 10.9 Å². The average molecular weight is 146 g/mol. The summed E-state index contributed by atoms with van der Waals surface area (Å²) in [6.45, 7) is 1.92. The van der Waals surface area contributed by atoms with Gasteiger partial charge in [0, 0.05) is 7.11 Å². The SMILES string of the molecule is COC1SC(N)N=C1C. The Morgan fingerprint density at radius 3 is 2.67 bits per heavy atom. The van der Waals surface area contributed by atoms with Gasteiger partial charge in [-0.2, -0.15) is 0 Å². The number of hydrogen-bond acceptors (Lipinski definition) is 4. The zero-order valence-electron chi connectivity index (χ0n) is 5.50. The van der Waals surface area contributed by atoms with Crippen molar-refractivity contribution in [1.29, 1.82) is 0 Å². The van der Waals surface area contributed by atoms with Crippen molar-refractivity contribution in [3.63, 3.8) is 0 Å². The maximum atomic E-state index is 5.49. The van der Waals surface area contributed by atoms with E-state index in [-0.39, 0.29) is 10.9 Å². The first-order valence-electron chi connectivity index (χ1n) is 2.72. The Kier molecular flexibility index (Phi) is 2.10. The molecule has 0 aromatic heterocycles. The third-order valence-corrected chi connectivity index (χ3v) is 2.31. The van der Waals surface area contributed by atoms with Crippen LogP contribution in [0, 0.1) is 0 Å². The molecule has 0 amide bonds. The highest BCUT2D eigenvalue weighted by atomic mass is 32.2. The van der Waals surface area contributed by atoms with E-state index in [2.05, 4.69) is 4.99 Å². The molecular weight excluding hydrogens is 136 g/mol. The average Bonchev–Trinajstić information content (AvgIpc) is 2.10. The summed E-state index contributed by atoms with van der Waals surface area (Å²) in [6.07, 6.45) is 0. The van der Waals surface area contributed by atoms with Gasteiger partial charge in [-0.05, 0) is 6.92 Å². The highest BCUT2D eigenvalue weighted by Crippen LogP contribution is 2.24. The molecule has 0 saturated carbocycles. The first-order chi connectivity index (χ1) is 4.24. The van der Waals surface area contributed by atoms with Crippen molar-refractivity contribution < 1.29 is 4.74 Å². The lowest BCUT2D eigenvalue weighted by Crippen LogP contribution is -2.13. The molecule has 1 rings (SSSR count). The standard InChI is InChI=1S/C5H10N2OS/c1-3-4(8-2)9-5(6)7-3/h4-5H,6H2,1-2H3. The molecule has 2 unspecified atom stereocenters. The van der Waals surface area contributed by atoms with Crippen LogP contribution < -0.4 is 5.73 Å². The summed E-state index contributed by atoms with van der Waals surface area (Å²) in [4.78, 5) is 4.07. The second-order valence-corrected chi connectivity index (χ2v) is 3.05. The van der Waals surface area contributed by atoms with E-state index in [4.69, 9.17) is 10.5 Å².